The Morgan fingerprint density at radius 2 is 0.921 bits per heavy atom. The second kappa shape index (κ2) is 37.5. The molecular formula is C67H119N9O13. The summed E-state index contributed by atoms with van der Waals surface area (Å²) in [7, 11) is 10.0. The van der Waals surface area contributed by atoms with Crippen LogP contribution in [0.5, 0.6) is 0 Å². The van der Waals surface area contributed by atoms with Gasteiger partial charge in [-0.1, -0.05) is 130 Å². The first-order chi connectivity index (χ1) is 41.2. The van der Waals surface area contributed by atoms with Gasteiger partial charge in [-0.05, 0) is 93.3 Å². The smallest absolute Gasteiger partial charge is 0.273 e. The molecule has 0 spiro atoms. The van der Waals surface area contributed by atoms with E-state index in [1.165, 1.54) is 73.8 Å². The molecule has 1 aliphatic heterocycles. The molecule has 1 fully saturated rings. The van der Waals surface area contributed by atoms with Crippen molar-refractivity contribution < 1.29 is 62.6 Å². The zero-order chi connectivity index (χ0) is 69.0. The number of Topliss-reactive ketones (excluding diaryl/α,β-unsaturated/α-hetero) is 2. The maximum Gasteiger partial charge on any atom is 0.273 e. The average molecular weight is 1260 g/mol. The summed E-state index contributed by atoms with van der Waals surface area (Å²) in [4.78, 5) is 171. The molecule has 510 valence electrons. The molecule has 89 heavy (non-hydrogen) atoms. The molecule has 1 aliphatic rings. The van der Waals surface area contributed by atoms with Crippen LogP contribution in [0.4, 0.5) is 0 Å². The van der Waals surface area contributed by atoms with Gasteiger partial charge in [0.15, 0.2) is 5.78 Å². The summed E-state index contributed by atoms with van der Waals surface area (Å²) >= 11 is 0. The summed E-state index contributed by atoms with van der Waals surface area (Å²) in [6.45, 7) is 32.2. The number of amides is 9. The van der Waals surface area contributed by atoms with E-state index in [9.17, 15) is 38.7 Å². The van der Waals surface area contributed by atoms with Crippen molar-refractivity contribution >= 4 is 64.7 Å². The average Bonchev–Trinajstić information content (AvgIpc) is 2.43. The standard InChI is InChI=1S/C67H119N9O13/c1-26-29-30-44(16)57(79)56-59(81)68-47(28-3)61(83)76(25)67(89-31-27-2)66(88)71(20)49(33-39(6)7)58(80)69-54(42(12)13)64(86)70(19)48(32-38(4)5)53(78)36-45(17)52(77)37-46(18)60(82)72(21)50(34-40(8)9)62(84)73(22)51(35-41(10)11)63(85)74(23)55(43(14)15)65(87)75(56)24/h26,29,38-51,54-57,67,79H,27-28,30-37H2,1-25H3,(H,68,81)(H,69,80)/b29-26+/t44-,45-,46+,47+,48+,49+,50+,51+,54+,55+,56+,57-,67-/m1/s1. The van der Waals surface area contributed by atoms with Gasteiger partial charge in [0.2, 0.25) is 53.5 Å². The molecule has 13 atom stereocenters. The predicted molar refractivity (Wildman–Crippen MR) is 346 cm³/mol. The van der Waals surface area contributed by atoms with Crippen molar-refractivity contribution in [2.75, 3.05) is 55.9 Å². The molecule has 1 saturated heterocycles. The van der Waals surface area contributed by atoms with Crippen LogP contribution < -0.4 is 10.6 Å². The van der Waals surface area contributed by atoms with E-state index in [4.69, 9.17) is 4.74 Å². The number of carbonyl (C=O) groups excluding carboxylic acids is 11. The third-order valence-corrected chi connectivity index (χ3v) is 17.2. The topological polar surface area (TPSA) is 264 Å². The number of nitrogens with zero attached hydrogens (tertiary/aromatic N) is 7. The number of rotatable bonds is 18. The monoisotopic (exact) mass is 1260 g/mol. The van der Waals surface area contributed by atoms with Crippen LogP contribution >= 0.6 is 0 Å². The van der Waals surface area contributed by atoms with E-state index in [1.54, 1.807) is 68.4 Å². The molecule has 3 N–H and O–H groups in total. The Labute approximate surface area is 534 Å². The maximum absolute atomic E-state index is 15.3. The molecule has 22 nitrogen and oxygen atoms in total. The first-order valence-corrected chi connectivity index (χ1v) is 32.6. The van der Waals surface area contributed by atoms with Crippen molar-refractivity contribution in [3.8, 4) is 0 Å². The van der Waals surface area contributed by atoms with Gasteiger partial charge in [-0.3, -0.25) is 52.7 Å². The number of aliphatic hydroxyl groups is 1. The van der Waals surface area contributed by atoms with E-state index in [0.29, 0.717) is 12.8 Å². The van der Waals surface area contributed by atoms with Gasteiger partial charge in [-0.15, -0.1) is 0 Å². The van der Waals surface area contributed by atoms with Gasteiger partial charge < -0.3 is 54.8 Å². The third-order valence-electron chi connectivity index (χ3n) is 17.2. The molecule has 1 heterocycles. The number of carbonyl (C=O) groups is 11. The molecule has 1 rings (SSSR count). The van der Waals surface area contributed by atoms with E-state index < -0.39 is 149 Å². The van der Waals surface area contributed by atoms with Crippen molar-refractivity contribution in [2.24, 2.45) is 53.3 Å². The number of allylic oxidation sites excluding steroid dienone is 2. The van der Waals surface area contributed by atoms with Crippen molar-refractivity contribution in [1.29, 1.82) is 0 Å². The van der Waals surface area contributed by atoms with Gasteiger partial charge in [-0.25, -0.2) is 0 Å². The lowest BCUT2D eigenvalue weighted by atomic mass is 9.88. The minimum absolute atomic E-state index is 0.00433. The Bertz CT molecular complexity index is 2410. The number of aliphatic hydroxyl groups excluding tert-OH is 1. The van der Waals surface area contributed by atoms with Crippen LogP contribution in [-0.4, -0.2) is 221 Å². The fourth-order valence-corrected chi connectivity index (χ4v) is 11.6. The molecule has 22 heteroatoms. The summed E-state index contributed by atoms with van der Waals surface area (Å²) in [6, 6.07) is -9.91. The lowest BCUT2D eigenvalue weighted by Crippen LogP contribution is -2.64. The molecule has 0 aromatic heterocycles. The zero-order valence-corrected chi connectivity index (χ0v) is 59.2. The van der Waals surface area contributed by atoms with Crippen LogP contribution in [0.3, 0.4) is 0 Å². The van der Waals surface area contributed by atoms with Crippen molar-refractivity contribution in [2.45, 2.75) is 243 Å². The third kappa shape index (κ3) is 22.8. The van der Waals surface area contributed by atoms with Crippen LogP contribution in [0.15, 0.2) is 12.2 Å². The molecular weight excluding hydrogens is 1140 g/mol. The summed E-state index contributed by atoms with van der Waals surface area (Å²) in [5, 5.41) is 17.9. The van der Waals surface area contributed by atoms with E-state index in [0.717, 1.165) is 9.80 Å². The number of hydrogen-bond acceptors (Lipinski definition) is 13. The summed E-state index contributed by atoms with van der Waals surface area (Å²) in [5.41, 5.74) is 0. The van der Waals surface area contributed by atoms with Crippen molar-refractivity contribution in [3.05, 3.63) is 12.2 Å². The minimum Gasteiger partial charge on any atom is -0.390 e. The lowest BCUT2D eigenvalue weighted by Gasteiger charge is -2.41. The molecule has 0 bridgehead atoms. The second-order valence-electron chi connectivity index (χ2n) is 27.7. The van der Waals surface area contributed by atoms with Gasteiger partial charge in [-0.2, -0.15) is 0 Å². The van der Waals surface area contributed by atoms with Crippen molar-refractivity contribution in [3.63, 3.8) is 0 Å². The quantitative estimate of drug-likeness (QED) is 0.129. The van der Waals surface area contributed by atoms with Crippen LogP contribution in [-0.2, 0) is 57.5 Å². The van der Waals surface area contributed by atoms with Gasteiger partial charge in [0, 0.05) is 80.6 Å². The Hall–Kier alpha value is -5.77. The summed E-state index contributed by atoms with van der Waals surface area (Å²) in [6.07, 6.45) is 1.31. The highest BCUT2D eigenvalue weighted by atomic mass is 16.5. The number of ether oxygens (including phenoxy) is 1. The minimum atomic E-state index is -1.64. The van der Waals surface area contributed by atoms with E-state index in [2.05, 4.69) is 10.6 Å². The van der Waals surface area contributed by atoms with Crippen LogP contribution in [0.2, 0.25) is 0 Å². The Morgan fingerprint density at radius 1 is 0.483 bits per heavy atom. The molecule has 9 amide bonds. The summed E-state index contributed by atoms with van der Waals surface area (Å²) < 4.78 is 6.13. The zero-order valence-electron chi connectivity index (χ0n) is 59.2. The molecule has 0 aromatic rings. The number of likely N-dealkylation sites (N-methyl/N-ethyl adjacent to an activating group) is 7. The van der Waals surface area contributed by atoms with Crippen molar-refractivity contribution in [1.82, 2.24) is 44.9 Å². The van der Waals surface area contributed by atoms with Crippen LogP contribution in [0.1, 0.15) is 182 Å². The van der Waals surface area contributed by atoms with Crippen LogP contribution in [0.25, 0.3) is 0 Å². The molecule has 0 unspecified atom stereocenters. The Kier molecular flexibility index (Phi) is 34.3. The predicted octanol–water partition coefficient (Wildman–Crippen LogP) is 6.20. The fraction of sp³-hybridized carbons (Fsp3) is 0.806. The van der Waals surface area contributed by atoms with E-state index in [-0.39, 0.29) is 81.0 Å². The number of ketones is 2. The van der Waals surface area contributed by atoms with Gasteiger partial charge in [0.1, 0.15) is 48.1 Å². The fourth-order valence-electron chi connectivity index (χ4n) is 11.6. The highest BCUT2D eigenvalue weighted by Crippen LogP contribution is 2.27. The highest BCUT2D eigenvalue weighted by molar-refractivity contribution is 5.99. The Balaban J connectivity index is 4.48. The molecule has 0 radical (unpaired) electrons. The first kappa shape index (κ1) is 81.2. The van der Waals surface area contributed by atoms with E-state index >= 15 is 19.2 Å². The summed E-state index contributed by atoms with van der Waals surface area (Å²) in [5.74, 6) is -10.9. The van der Waals surface area contributed by atoms with Gasteiger partial charge in [0.05, 0.1) is 12.1 Å². The Morgan fingerprint density at radius 3 is 1.38 bits per heavy atom. The maximum atomic E-state index is 15.3. The molecule has 0 aromatic carbocycles. The number of nitrogens with one attached hydrogen (secondary N) is 2. The largest absolute Gasteiger partial charge is 0.390 e. The highest BCUT2D eigenvalue weighted by Gasteiger charge is 2.46. The molecule has 0 saturated carbocycles. The SMILES string of the molecule is C/C=C/C[C@@H](C)[C@@H](O)[C@H]1C(=O)N[C@@H](CC)C(=O)N(C)[C@H](OCCC)C(=O)N(C)[C@@H](CC(C)C)C(=O)N[C@@H](C(C)C)C(=O)N(C)[C@@H](CC(C)C)C(=O)C[C@@H](C)C(=O)C[C@H](C)C(=O)N(C)[C@@H](CC(C)C)C(=O)N(C)[C@@H](CC(C)C)C(=O)N(C)[C@@H](C(C)C)C(=O)N1C. The second-order valence-corrected chi connectivity index (χ2v) is 27.7. The normalized spacial score (nSPS) is 27.3. The van der Waals surface area contributed by atoms with E-state index in [1.807, 2.05) is 68.4 Å². The number of hydrogen-bond donors (Lipinski definition) is 3. The van der Waals surface area contributed by atoms with Gasteiger partial charge in [0.25, 0.3) is 5.91 Å². The lowest BCUT2D eigenvalue weighted by molar-refractivity contribution is -0.168. The first-order valence-electron chi connectivity index (χ1n) is 32.6. The van der Waals surface area contributed by atoms with Crippen LogP contribution in [0, 0.1) is 53.3 Å². The van der Waals surface area contributed by atoms with Gasteiger partial charge >= 0.3 is 0 Å². The molecule has 0 aliphatic carbocycles.